The zero-order chi connectivity index (χ0) is 51.2. The Labute approximate surface area is 408 Å². The monoisotopic (exact) mass is 912 g/mol. The van der Waals surface area contributed by atoms with Gasteiger partial charge in [0.15, 0.2) is 8.07 Å². The van der Waals surface area contributed by atoms with Crippen LogP contribution in [0.3, 0.4) is 0 Å². The summed E-state index contributed by atoms with van der Waals surface area (Å²) in [4.78, 5) is 10.6. The first-order valence-corrected chi connectivity index (χ1v) is 25.3. The maximum atomic E-state index is 9.13. The van der Waals surface area contributed by atoms with Gasteiger partial charge in [-0.2, -0.15) is 0 Å². The van der Waals surface area contributed by atoms with E-state index in [1.54, 1.807) is 12.1 Å². The van der Waals surface area contributed by atoms with Crippen LogP contribution in [-0.4, -0.2) is 36.0 Å². The van der Waals surface area contributed by atoms with Gasteiger partial charge in [0, 0.05) is 30.5 Å². The third-order valence-electron chi connectivity index (χ3n) is 14.5. The molecule has 0 aliphatic carbocycles. The van der Waals surface area contributed by atoms with E-state index in [0.717, 1.165) is 82.1 Å². The maximum Gasteiger partial charge on any atom is 0.220 e. The van der Waals surface area contributed by atoms with E-state index in [0.29, 0.717) is 33.9 Å². The molecule has 0 N–H and O–H groups in total. The van der Waals surface area contributed by atoms with Gasteiger partial charge < -0.3 is 4.74 Å². The molecule has 0 spiro atoms. The Morgan fingerprint density at radius 3 is 1.75 bits per heavy atom. The molecule has 1 aliphatic heterocycles. The van der Waals surface area contributed by atoms with Gasteiger partial charge in [0.2, 0.25) is 11.6 Å². The largest absolute Gasteiger partial charge is 0.457 e. The van der Waals surface area contributed by atoms with Crippen LogP contribution in [-0.2, 0) is 5.41 Å². The van der Waals surface area contributed by atoms with Crippen LogP contribution >= 0.6 is 0 Å². The molecule has 14 rings (SSSR count). The summed E-state index contributed by atoms with van der Waals surface area (Å²) in [5, 5.41) is 4.22. The fraction of sp³-hybridized carbons (Fsp3) is 0.0820. The van der Waals surface area contributed by atoms with Crippen LogP contribution in [0.1, 0.15) is 44.3 Å². The van der Waals surface area contributed by atoms with Crippen LogP contribution in [0.4, 0.5) is 0 Å². The molecular weight excluding hydrogens is 861 g/mol. The third-order valence-corrected chi connectivity index (χ3v) is 19.3. The number of fused-ring (bicyclic) bond motifs is 12. The Balaban J connectivity index is 1.05. The maximum absolute atomic E-state index is 9.13. The zero-order valence-electron chi connectivity index (χ0n) is 43.7. The highest BCUT2D eigenvalue weighted by atomic mass is 28.3. The lowest BCUT2D eigenvalue weighted by molar-refractivity contribution is 0.421. The average molecular weight is 913 g/mol. The minimum atomic E-state index is -3.47. The molecule has 7 nitrogen and oxygen atoms in total. The van der Waals surface area contributed by atoms with Crippen LogP contribution in [0, 0.1) is 13.8 Å². The average Bonchev–Trinajstić information content (AvgIpc) is 4.20. The SMILES string of the molecule is [2H]C([2H])([2H])c1cccc2c1nc1n(-c3ccc4c(c3)n3c5cccc(C)c5nc3n4-c3cccc([Si](c4ccccc4)(c4ccccc4)c4cccc5c4Oc4ccccc4C5(C)C([2H])([2H])[2H])c3)c3ccccc3n21. The third kappa shape index (κ3) is 5.43. The Bertz CT molecular complexity index is 4440. The summed E-state index contributed by atoms with van der Waals surface area (Å²) >= 11 is 0. The number of hydrogen-bond acceptors (Lipinski definition) is 3. The first-order chi connectivity index (χ1) is 36.3. The summed E-state index contributed by atoms with van der Waals surface area (Å²) in [5.41, 5.74) is 9.57. The van der Waals surface area contributed by atoms with E-state index in [4.69, 9.17) is 22.9 Å². The quantitative estimate of drug-likeness (QED) is 0.123. The van der Waals surface area contributed by atoms with E-state index in [1.165, 1.54) is 0 Å². The fourth-order valence-electron chi connectivity index (χ4n) is 11.5. The number of hydrogen-bond donors (Lipinski definition) is 0. The van der Waals surface area contributed by atoms with Gasteiger partial charge in [-0.25, -0.2) is 9.97 Å². The second-order valence-corrected chi connectivity index (χ2v) is 22.2. The van der Waals surface area contributed by atoms with E-state index < -0.39 is 27.2 Å². The summed E-state index contributed by atoms with van der Waals surface area (Å²) in [6.45, 7) is -0.841. The van der Waals surface area contributed by atoms with E-state index in [1.807, 2.05) is 79.7 Å². The van der Waals surface area contributed by atoms with Crippen molar-refractivity contribution in [2.24, 2.45) is 0 Å². The number of benzene rings is 9. The van der Waals surface area contributed by atoms with Crippen LogP contribution in [0.5, 0.6) is 11.5 Å². The highest BCUT2D eigenvalue weighted by molar-refractivity contribution is 7.20. The lowest BCUT2D eigenvalue weighted by atomic mass is 9.76. The van der Waals surface area contributed by atoms with Crippen molar-refractivity contribution in [2.75, 3.05) is 0 Å². The van der Waals surface area contributed by atoms with E-state index >= 15 is 0 Å². The highest BCUT2D eigenvalue weighted by Crippen LogP contribution is 2.47. The molecule has 69 heavy (non-hydrogen) atoms. The number of aryl methyl sites for hydroxylation is 2. The van der Waals surface area contributed by atoms with Crippen molar-refractivity contribution in [3.63, 3.8) is 0 Å². The number of rotatable bonds is 6. The topological polar surface area (TPSA) is 53.7 Å². The first kappa shape index (κ1) is 33.9. The van der Waals surface area contributed by atoms with Crippen molar-refractivity contribution in [3.05, 3.63) is 229 Å². The van der Waals surface area contributed by atoms with Crippen molar-refractivity contribution < 1.29 is 13.0 Å². The normalized spacial score (nSPS) is 16.5. The minimum absolute atomic E-state index is 0.210. The molecule has 1 unspecified atom stereocenters. The molecule has 0 saturated heterocycles. The number of nitrogens with zero attached hydrogens (tertiary/aromatic N) is 6. The summed E-state index contributed by atoms with van der Waals surface area (Å²) in [6.07, 6.45) is 0. The number of para-hydroxylation sites is 6. The summed E-state index contributed by atoms with van der Waals surface area (Å²) < 4.78 is 68.3. The Hall–Kier alpha value is -8.46. The van der Waals surface area contributed by atoms with E-state index in [2.05, 4.69) is 146 Å². The van der Waals surface area contributed by atoms with Crippen molar-refractivity contribution in [1.82, 2.24) is 27.9 Å². The summed E-state index contributed by atoms with van der Waals surface area (Å²) in [6, 6.07) is 69.8. The lowest BCUT2D eigenvalue weighted by Crippen LogP contribution is -2.75. The molecule has 0 saturated carbocycles. The Morgan fingerprint density at radius 2 is 1.03 bits per heavy atom. The predicted octanol–water partition coefficient (Wildman–Crippen LogP) is 11.6. The van der Waals surface area contributed by atoms with Crippen LogP contribution in [0.15, 0.2) is 206 Å². The van der Waals surface area contributed by atoms with Crippen LogP contribution in [0.2, 0.25) is 0 Å². The molecule has 330 valence electrons. The number of ether oxygens (including phenoxy) is 1. The molecule has 1 atom stereocenters. The standard InChI is InChI=1S/C61H46N6OSi/c1-39-19-15-31-51-56(39)62-59-65(48-29-12-13-30-49(48)66(51)59)42-35-36-50-53(38-42)67-52-32-16-20-40(2)57(52)63-60(67)64(50)41-21-17-26-45(37-41)69(43-22-7-5-8-23-43,44-24-9-6-10-25-44)55-34-18-28-47-58(55)68-54-33-14-11-27-46(54)61(47,3)4/h5-38H,1-4H3/i1D3,3D3. The fourth-order valence-corrected chi connectivity index (χ4v) is 16.4. The molecular formula is C61H46N6OSi. The Morgan fingerprint density at radius 1 is 0.478 bits per heavy atom. The van der Waals surface area contributed by atoms with Gasteiger partial charge in [-0.1, -0.05) is 159 Å². The number of aromatic nitrogens is 6. The van der Waals surface area contributed by atoms with Crippen molar-refractivity contribution in [3.8, 4) is 22.9 Å². The predicted molar refractivity (Wildman–Crippen MR) is 284 cm³/mol. The molecule has 0 radical (unpaired) electrons. The summed E-state index contributed by atoms with van der Waals surface area (Å²) in [5.74, 6) is 2.45. The second-order valence-electron chi connectivity index (χ2n) is 18.4. The van der Waals surface area contributed by atoms with Gasteiger partial charge in [0.25, 0.3) is 0 Å². The summed E-state index contributed by atoms with van der Waals surface area (Å²) in [7, 11) is -3.47. The van der Waals surface area contributed by atoms with Crippen molar-refractivity contribution >= 4 is 84.5 Å². The van der Waals surface area contributed by atoms with E-state index in [9.17, 15) is 0 Å². The van der Waals surface area contributed by atoms with Crippen LogP contribution < -0.4 is 25.5 Å². The van der Waals surface area contributed by atoms with Gasteiger partial charge in [0.1, 0.15) is 11.5 Å². The Kier molecular flexibility index (Phi) is 7.14. The zero-order valence-corrected chi connectivity index (χ0v) is 38.7. The van der Waals surface area contributed by atoms with E-state index in [-0.39, 0.29) is 5.56 Å². The first-order valence-electron chi connectivity index (χ1n) is 26.3. The van der Waals surface area contributed by atoms with Gasteiger partial charge in [-0.05, 0) is 106 Å². The molecule has 0 fully saturated rings. The van der Waals surface area contributed by atoms with Gasteiger partial charge >= 0.3 is 0 Å². The molecule has 0 bridgehead atoms. The second kappa shape index (κ2) is 14.5. The van der Waals surface area contributed by atoms with Crippen molar-refractivity contribution in [2.45, 2.75) is 33.0 Å². The molecule has 13 aromatic rings. The molecule has 1 aliphatic rings. The molecule has 4 aromatic heterocycles. The van der Waals surface area contributed by atoms with Gasteiger partial charge in [-0.3, -0.25) is 17.9 Å². The van der Waals surface area contributed by atoms with Gasteiger partial charge in [-0.15, -0.1) is 0 Å². The highest BCUT2D eigenvalue weighted by Gasteiger charge is 2.47. The molecule has 8 heteroatoms. The molecule has 9 aromatic carbocycles. The lowest BCUT2D eigenvalue weighted by Gasteiger charge is -2.40. The van der Waals surface area contributed by atoms with Gasteiger partial charge in [0.05, 0.1) is 49.8 Å². The molecule has 5 heterocycles. The smallest absolute Gasteiger partial charge is 0.220 e. The van der Waals surface area contributed by atoms with Crippen LogP contribution in [0.25, 0.3) is 67.1 Å². The number of imidazole rings is 4. The van der Waals surface area contributed by atoms with Crippen molar-refractivity contribution in [1.29, 1.82) is 0 Å². The minimum Gasteiger partial charge on any atom is -0.457 e. The molecule has 0 amide bonds.